The molecule has 2 fully saturated rings. The first kappa shape index (κ1) is 18.3. The third kappa shape index (κ3) is 3.52. The first-order chi connectivity index (χ1) is 13.4. The number of esters is 1. The number of carbonyl (C=O) groups excluding carboxylic acids is 2. The van der Waals surface area contributed by atoms with Crippen LogP contribution in [0.15, 0.2) is 60.7 Å². The maximum atomic E-state index is 12.4. The summed E-state index contributed by atoms with van der Waals surface area (Å²) < 4.78 is 5.33. The molecule has 2 N–H and O–H groups in total. The molecule has 5 nitrogen and oxygen atoms in total. The summed E-state index contributed by atoms with van der Waals surface area (Å²) in [7, 11) is 0. The molecule has 2 unspecified atom stereocenters. The molecule has 2 atom stereocenters. The molecule has 28 heavy (non-hydrogen) atoms. The minimum atomic E-state index is -0.472. The summed E-state index contributed by atoms with van der Waals surface area (Å²) in [5, 5.41) is 12.2. The van der Waals surface area contributed by atoms with Crippen molar-refractivity contribution in [1.82, 2.24) is 0 Å². The zero-order valence-corrected chi connectivity index (χ0v) is 15.6. The molecule has 0 aromatic heterocycles. The highest BCUT2D eigenvalue weighted by molar-refractivity contribution is 5.92. The van der Waals surface area contributed by atoms with Crippen LogP contribution in [0.5, 0.6) is 5.75 Å². The summed E-state index contributed by atoms with van der Waals surface area (Å²) in [5.41, 5.74) is 3.25. The van der Waals surface area contributed by atoms with Crippen LogP contribution in [0.4, 0.5) is 5.69 Å². The van der Waals surface area contributed by atoms with Crippen LogP contribution in [0.2, 0.25) is 0 Å². The number of hydrogen-bond acceptors (Lipinski definition) is 4. The van der Waals surface area contributed by atoms with Crippen molar-refractivity contribution in [2.45, 2.75) is 25.7 Å². The predicted octanol–water partition coefficient (Wildman–Crippen LogP) is 3.63. The van der Waals surface area contributed by atoms with Crippen LogP contribution in [0.1, 0.15) is 24.0 Å². The number of cyclic esters (lactones) is 1. The number of nitrogens with one attached hydrogen (secondary N) is 1. The van der Waals surface area contributed by atoms with Gasteiger partial charge < -0.3 is 15.2 Å². The third-order valence-electron chi connectivity index (χ3n) is 5.76. The molecule has 2 aliphatic rings. The summed E-state index contributed by atoms with van der Waals surface area (Å²) in [5.74, 6) is 0.168. The van der Waals surface area contributed by atoms with Gasteiger partial charge >= 0.3 is 5.97 Å². The summed E-state index contributed by atoms with van der Waals surface area (Å²) >= 11 is 0. The molecule has 2 aromatic carbocycles. The van der Waals surface area contributed by atoms with Gasteiger partial charge in [0.15, 0.2) is 0 Å². The Hall–Kier alpha value is -3.08. The smallest absolute Gasteiger partial charge is 0.313 e. The van der Waals surface area contributed by atoms with Crippen molar-refractivity contribution in [2.24, 2.45) is 11.3 Å². The van der Waals surface area contributed by atoms with Gasteiger partial charge in [0, 0.05) is 11.6 Å². The molecule has 0 bridgehead atoms. The van der Waals surface area contributed by atoms with Crippen molar-refractivity contribution >= 4 is 17.6 Å². The minimum Gasteiger partial charge on any atom is -0.508 e. The van der Waals surface area contributed by atoms with Gasteiger partial charge in [-0.05, 0) is 54.7 Å². The average molecular weight is 377 g/mol. The zero-order chi connectivity index (χ0) is 19.7. The molecule has 1 saturated carbocycles. The second-order valence-corrected chi connectivity index (χ2v) is 7.85. The van der Waals surface area contributed by atoms with Crippen molar-refractivity contribution in [1.29, 1.82) is 0 Å². The van der Waals surface area contributed by atoms with Crippen LogP contribution in [-0.2, 0) is 27.2 Å². The number of phenols is 1. The molecule has 2 aromatic rings. The van der Waals surface area contributed by atoms with Crippen LogP contribution < -0.4 is 5.32 Å². The summed E-state index contributed by atoms with van der Waals surface area (Å²) in [6.45, 7) is 4.56. The van der Waals surface area contributed by atoms with E-state index in [1.54, 1.807) is 24.3 Å². The Bertz CT molecular complexity index is 917. The highest BCUT2D eigenvalue weighted by atomic mass is 16.5. The van der Waals surface area contributed by atoms with Crippen molar-refractivity contribution in [3.05, 3.63) is 71.8 Å². The van der Waals surface area contributed by atoms with E-state index >= 15 is 0 Å². The zero-order valence-electron chi connectivity index (χ0n) is 15.6. The molecule has 5 heteroatoms. The minimum absolute atomic E-state index is 0.109. The summed E-state index contributed by atoms with van der Waals surface area (Å²) in [6.07, 6.45) is 2.43. The first-order valence-electron chi connectivity index (χ1n) is 9.45. The molecule has 1 aliphatic carbocycles. The lowest BCUT2D eigenvalue weighted by Gasteiger charge is -2.24. The van der Waals surface area contributed by atoms with Crippen LogP contribution in [0, 0.1) is 11.3 Å². The molecule has 1 saturated heterocycles. The van der Waals surface area contributed by atoms with Gasteiger partial charge in [0.1, 0.15) is 5.75 Å². The molecule has 1 aliphatic heterocycles. The number of phenolic OH excluding ortho intramolecular Hbond substituents is 1. The molecule has 144 valence electrons. The molecular weight excluding hydrogens is 354 g/mol. The van der Waals surface area contributed by atoms with Gasteiger partial charge in [0.05, 0.1) is 18.4 Å². The number of hydrogen-bond donors (Lipinski definition) is 2. The van der Waals surface area contributed by atoms with E-state index in [0.717, 1.165) is 23.1 Å². The van der Waals surface area contributed by atoms with E-state index in [4.69, 9.17) is 4.74 Å². The molecule has 1 amide bonds. The fourth-order valence-corrected chi connectivity index (χ4v) is 4.34. The maximum Gasteiger partial charge on any atom is 0.313 e. The van der Waals surface area contributed by atoms with Gasteiger partial charge in [-0.25, -0.2) is 0 Å². The second kappa shape index (κ2) is 7.15. The number of benzene rings is 2. The quantitative estimate of drug-likeness (QED) is 0.616. The topological polar surface area (TPSA) is 75.6 Å². The largest absolute Gasteiger partial charge is 0.508 e. The Morgan fingerprint density at radius 3 is 2.54 bits per heavy atom. The van der Waals surface area contributed by atoms with E-state index in [9.17, 15) is 14.7 Å². The number of fused-ring (bicyclic) bond motifs is 1. The first-order valence-corrected chi connectivity index (χ1v) is 9.45. The SMILES string of the molecule is C=C1CC2COC(=O)C2(Cc2ccc(NC(=O)Cc3ccc(O)cc3)cc2)C1. The predicted molar refractivity (Wildman–Crippen MR) is 106 cm³/mol. The fourth-order valence-electron chi connectivity index (χ4n) is 4.34. The average Bonchev–Trinajstić information content (AvgIpc) is 3.13. The number of allylic oxidation sites excluding steroid dienone is 1. The Kier molecular flexibility index (Phi) is 4.67. The number of amides is 1. The summed E-state index contributed by atoms with van der Waals surface area (Å²) in [4.78, 5) is 24.6. The summed E-state index contributed by atoms with van der Waals surface area (Å²) in [6, 6.07) is 14.2. The molecule has 0 spiro atoms. The number of anilines is 1. The van der Waals surface area contributed by atoms with E-state index in [2.05, 4.69) is 11.9 Å². The number of aromatic hydroxyl groups is 1. The van der Waals surface area contributed by atoms with Gasteiger partial charge in [-0.1, -0.05) is 36.4 Å². The molecule has 0 radical (unpaired) electrons. The van der Waals surface area contributed by atoms with E-state index in [1.807, 2.05) is 24.3 Å². The number of ether oxygens (including phenoxy) is 1. The molecule has 1 heterocycles. The van der Waals surface area contributed by atoms with Crippen molar-refractivity contribution < 1.29 is 19.4 Å². The van der Waals surface area contributed by atoms with Crippen molar-refractivity contribution in [3.8, 4) is 5.75 Å². The Morgan fingerprint density at radius 1 is 1.14 bits per heavy atom. The lowest BCUT2D eigenvalue weighted by atomic mass is 9.75. The number of carbonyl (C=O) groups is 2. The van der Waals surface area contributed by atoms with Gasteiger partial charge in [0.2, 0.25) is 5.91 Å². The van der Waals surface area contributed by atoms with Crippen LogP contribution in [-0.4, -0.2) is 23.6 Å². The fraction of sp³-hybridized carbons (Fsp3) is 0.304. The van der Waals surface area contributed by atoms with Crippen molar-refractivity contribution in [2.75, 3.05) is 11.9 Å². The van der Waals surface area contributed by atoms with E-state index in [-0.39, 0.29) is 30.0 Å². The molecular formula is C23H23NO4. The van der Waals surface area contributed by atoms with Gasteiger partial charge in [-0.3, -0.25) is 9.59 Å². The van der Waals surface area contributed by atoms with E-state index in [1.165, 1.54) is 0 Å². The van der Waals surface area contributed by atoms with Gasteiger partial charge in [-0.15, -0.1) is 0 Å². The monoisotopic (exact) mass is 377 g/mol. The van der Waals surface area contributed by atoms with Crippen LogP contribution in [0.25, 0.3) is 0 Å². The lowest BCUT2D eigenvalue weighted by molar-refractivity contribution is -0.146. The van der Waals surface area contributed by atoms with Gasteiger partial charge in [-0.2, -0.15) is 0 Å². The Morgan fingerprint density at radius 2 is 1.82 bits per heavy atom. The highest BCUT2D eigenvalue weighted by Crippen LogP contribution is 2.52. The maximum absolute atomic E-state index is 12.4. The van der Waals surface area contributed by atoms with Gasteiger partial charge in [0.25, 0.3) is 0 Å². The van der Waals surface area contributed by atoms with Crippen LogP contribution >= 0.6 is 0 Å². The highest BCUT2D eigenvalue weighted by Gasteiger charge is 2.55. The second-order valence-electron chi connectivity index (χ2n) is 7.85. The van der Waals surface area contributed by atoms with Crippen molar-refractivity contribution in [3.63, 3.8) is 0 Å². The Balaban J connectivity index is 1.40. The van der Waals surface area contributed by atoms with Crippen LogP contribution in [0.3, 0.4) is 0 Å². The number of rotatable bonds is 5. The standard InChI is InChI=1S/C23H23NO4/c1-15-10-18-14-28-22(27)23(18,12-15)13-17-2-6-19(7-3-17)24-21(26)11-16-4-8-20(25)9-5-16/h2-9,18,25H,1,10-14H2,(H,24,26). The molecule has 4 rings (SSSR count). The normalized spacial score (nSPS) is 23.4. The van der Waals surface area contributed by atoms with E-state index in [0.29, 0.717) is 25.1 Å². The van der Waals surface area contributed by atoms with E-state index < -0.39 is 5.41 Å². The third-order valence-corrected chi connectivity index (χ3v) is 5.76. The Labute approximate surface area is 164 Å². The lowest BCUT2D eigenvalue weighted by Crippen LogP contribution is -2.31.